The van der Waals surface area contributed by atoms with Gasteiger partial charge >= 0.3 is 0 Å². The van der Waals surface area contributed by atoms with Crippen LogP contribution in [-0.4, -0.2) is 59.7 Å². The summed E-state index contributed by atoms with van der Waals surface area (Å²) in [6.45, 7) is 3.74. The standard InChI is InChI=1S/C14H23NO3/c1-14(12-18,13-5-3-2-4-6-13)11-15(7-9-16)8-10-17/h2-6,16-18H,7-12H2,1H3. The molecule has 4 heteroatoms. The molecular weight excluding hydrogens is 230 g/mol. The van der Waals surface area contributed by atoms with Gasteiger partial charge in [0.1, 0.15) is 0 Å². The van der Waals surface area contributed by atoms with E-state index in [0.29, 0.717) is 19.6 Å². The average molecular weight is 253 g/mol. The fourth-order valence-electron chi connectivity index (χ4n) is 2.12. The van der Waals surface area contributed by atoms with Crippen LogP contribution < -0.4 is 0 Å². The van der Waals surface area contributed by atoms with Crippen LogP contribution >= 0.6 is 0 Å². The van der Waals surface area contributed by atoms with Gasteiger partial charge < -0.3 is 15.3 Å². The Morgan fingerprint density at radius 1 is 1.00 bits per heavy atom. The van der Waals surface area contributed by atoms with Crippen LogP contribution in [0.25, 0.3) is 0 Å². The summed E-state index contributed by atoms with van der Waals surface area (Å²) in [5, 5.41) is 27.7. The highest BCUT2D eigenvalue weighted by atomic mass is 16.3. The predicted octanol–water partition coefficient (Wildman–Crippen LogP) is 0.223. The molecule has 0 aliphatic rings. The first-order chi connectivity index (χ1) is 8.66. The summed E-state index contributed by atoms with van der Waals surface area (Å²) >= 11 is 0. The third-order valence-electron chi connectivity index (χ3n) is 3.22. The molecule has 0 aliphatic heterocycles. The van der Waals surface area contributed by atoms with Gasteiger partial charge in [0.2, 0.25) is 0 Å². The minimum absolute atomic E-state index is 0.0321. The Bertz CT molecular complexity index is 325. The van der Waals surface area contributed by atoms with Crippen molar-refractivity contribution in [2.45, 2.75) is 12.3 Å². The predicted molar refractivity (Wildman–Crippen MR) is 71.5 cm³/mol. The van der Waals surface area contributed by atoms with E-state index < -0.39 is 0 Å². The van der Waals surface area contributed by atoms with Gasteiger partial charge in [-0.1, -0.05) is 37.3 Å². The lowest BCUT2D eigenvalue weighted by molar-refractivity contribution is 0.109. The van der Waals surface area contributed by atoms with Crippen molar-refractivity contribution in [3.05, 3.63) is 35.9 Å². The maximum atomic E-state index is 9.67. The van der Waals surface area contributed by atoms with Gasteiger partial charge in [-0.25, -0.2) is 0 Å². The molecular formula is C14H23NO3. The van der Waals surface area contributed by atoms with Crippen LogP contribution in [0.1, 0.15) is 12.5 Å². The largest absolute Gasteiger partial charge is 0.395 e. The number of hydrogen-bond donors (Lipinski definition) is 3. The highest BCUT2D eigenvalue weighted by Crippen LogP contribution is 2.24. The van der Waals surface area contributed by atoms with Gasteiger partial charge in [0.15, 0.2) is 0 Å². The van der Waals surface area contributed by atoms with E-state index in [1.165, 1.54) is 0 Å². The first kappa shape index (κ1) is 15.1. The highest BCUT2D eigenvalue weighted by Gasteiger charge is 2.28. The molecule has 1 atom stereocenters. The second-order valence-electron chi connectivity index (χ2n) is 4.81. The van der Waals surface area contributed by atoms with Crippen LogP contribution in [0.3, 0.4) is 0 Å². The molecule has 0 bridgehead atoms. The lowest BCUT2D eigenvalue weighted by Gasteiger charge is -2.34. The van der Waals surface area contributed by atoms with Crippen LogP contribution in [-0.2, 0) is 5.41 Å². The minimum Gasteiger partial charge on any atom is -0.395 e. The van der Waals surface area contributed by atoms with Gasteiger partial charge in [-0.15, -0.1) is 0 Å². The van der Waals surface area contributed by atoms with Crippen molar-refractivity contribution in [2.75, 3.05) is 39.5 Å². The van der Waals surface area contributed by atoms with E-state index in [9.17, 15) is 5.11 Å². The molecule has 0 aromatic heterocycles. The smallest absolute Gasteiger partial charge is 0.0558 e. The Balaban J connectivity index is 2.80. The van der Waals surface area contributed by atoms with E-state index >= 15 is 0 Å². The van der Waals surface area contributed by atoms with Crippen LogP contribution in [0.5, 0.6) is 0 Å². The molecule has 0 radical (unpaired) electrons. The minimum atomic E-state index is -0.383. The highest BCUT2D eigenvalue weighted by molar-refractivity contribution is 5.25. The molecule has 0 aliphatic carbocycles. The lowest BCUT2D eigenvalue weighted by atomic mass is 9.82. The zero-order valence-electron chi connectivity index (χ0n) is 10.9. The molecule has 0 saturated heterocycles. The zero-order chi connectivity index (χ0) is 13.4. The topological polar surface area (TPSA) is 63.9 Å². The van der Waals surface area contributed by atoms with E-state index in [0.717, 1.165) is 5.56 Å². The molecule has 4 nitrogen and oxygen atoms in total. The summed E-state index contributed by atoms with van der Waals surface area (Å²) in [6, 6.07) is 9.83. The van der Waals surface area contributed by atoms with Gasteiger partial charge in [0, 0.05) is 25.0 Å². The molecule has 0 heterocycles. The number of rotatable bonds is 8. The van der Waals surface area contributed by atoms with Crippen molar-refractivity contribution in [3.8, 4) is 0 Å². The summed E-state index contributed by atoms with van der Waals surface area (Å²) < 4.78 is 0. The molecule has 1 unspecified atom stereocenters. The second-order valence-corrected chi connectivity index (χ2v) is 4.81. The number of benzene rings is 1. The number of nitrogens with zero attached hydrogens (tertiary/aromatic N) is 1. The third-order valence-corrected chi connectivity index (χ3v) is 3.22. The molecule has 1 aromatic rings. The maximum absolute atomic E-state index is 9.67. The van der Waals surface area contributed by atoms with E-state index in [-0.39, 0.29) is 25.2 Å². The molecule has 0 saturated carbocycles. The molecule has 3 N–H and O–H groups in total. The maximum Gasteiger partial charge on any atom is 0.0558 e. The summed E-state index contributed by atoms with van der Waals surface area (Å²) in [5.41, 5.74) is 0.680. The van der Waals surface area contributed by atoms with Gasteiger partial charge in [-0.2, -0.15) is 0 Å². The fourth-order valence-corrected chi connectivity index (χ4v) is 2.12. The van der Waals surface area contributed by atoms with E-state index in [2.05, 4.69) is 0 Å². The second kappa shape index (κ2) is 7.48. The van der Waals surface area contributed by atoms with E-state index in [1.807, 2.05) is 42.2 Å². The SMILES string of the molecule is CC(CO)(CN(CCO)CCO)c1ccccc1. The van der Waals surface area contributed by atoms with Crippen molar-refractivity contribution < 1.29 is 15.3 Å². The Labute approximate surface area is 108 Å². The first-order valence-corrected chi connectivity index (χ1v) is 6.27. The molecule has 1 rings (SSSR count). The quantitative estimate of drug-likeness (QED) is 0.620. The van der Waals surface area contributed by atoms with Gasteiger partial charge in [0.05, 0.1) is 19.8 Å². The molecule has 18 heavy (non-hydrogen) atoms. The van der Waals surface area contributed by atoms with Gasteiger partial charge in [-0.3, -0.25) is 4.90 Å². The Kier molecular flexibility index (Phi) is 6.29. The van der Waals surface area contributed by atoms with Crippen LogP contribution in [0.2, 0.25) is 0 Å². The van der Waals surface area contributed by atoms with Crippen LogP contribution in [0, 0.1) is 0 Å². The monoisotopic (exact) mass is 253 g/mol. The van der Waals surface area contributed by atoms with Crippen molar-refractivity contribution >= 4 is 0 Å². The normalized spacial score (nSPS) is 14.7. The summed E-state index contributed by atoms with van der Waals surface area (Å²) in [5.74, 6) is 0. The third kappa shape index (κ3) is 4.07. The van der Waals surface area contributed by atoms with E-state index in [4.69, 9.17) is 10.2 Å². The fraction of sp³-hybridized carbons (Fsp3) is 0.571. The van der Waals surface area contributed by atoms with E-state index in [1.54, 1.807) is 0 Å². The summed E-state index contributed by atoms with van der Waals surface area (Å²) in [4.78, 5) is 1.96. The van der Waals surface area contributed by atoms with Crippen LogP contribution in [0.4, 0.5) is 0 Å². The molecule has 0 fully saturated rings. The van der Waals surface area contributed by atoms with Crippen LogP contribution in [0.15, 0.2) is 30.3 Å². The average Bonchev–Trinajstić information content (AvgIpc) is 2.40. The van der Waals surface area contributed by atoms with Crippen molar-refractivity contribution in [1.29, 1.82) is 0 Å². The molecule has 0 spiro atoms. The van der Waals surface area contributed by atoms with Crippen molar-refractivity contribution in [1.82, 2.24) is 4.90 Å². The first-order valence-electron chi connectivity index (χ1n) is 6.27. The number of hydrogen-bond acceptors (Lipinski definition) is 4. The zero-order valence-corrected chi connectivity index (χ0v) is 10.9. The molecule has 0 amide bonds. The van der Waals surface area contributed by atoms with Gasteiger partial charge in [-0.05, 0) is 5.56 Å². The Morgan fingerprint density at radius 2 is 1.56 bits per heavy atom. The molecule has 1 aromatic carbocycles. The summed E-state index contributed by atoms with van der Waals surface area (Å²) in [6.07, 6.45) is 0. The van der Waals surface area contributed by atoms with Gasteiger partial charge in [0.25, 0.3) is 0 Å². The lowest BCUT2D eigenvalue weighted by Crippen LogP contribution is -2.43. The van der Waals surface area contributed by atoms with Crippen molar-refractivity contribution in [2.24, 2.45) is 0 Å². The number of aliphatic hydroxyl groups is 3. The number of aliphatic hydroxyl groups excluding tert-OH is 3. The Hall–Kier alpha value is -0.940. The Morgan fingerprint density at radius 3 is 2.00 bits per heavy atom. The molecule has 102 valence electrons. The van der Waals surface area contributed by atoms with Crippen molar-refractivity contribution in [3.63, 3.8) is 0 Å². The summed E-state index contributed by atoms with van der Waals surface area (Å²) in [7, 11) is 0.